The number of hydrogen-bond donors (Lipinski definition) is 0. The third-order valence-electron chi connectivity index (χ3n) is 3.10. The Labute approximate surface area is 125 Å². The Morgan fingerprint density at radius 3 is 2.65 bits per heavy atom. The number of carbonyl (C=O) groups excluding carboxylic acids is 1. The predicted octanol–water partition coefficient (Wildman–Crippen LogP) is 4.33. The minimum Gasteiger partial charge on any atom is -0.496 e. The van der Waals surface area contributed by atoms with Crippen LogP contribution in [0.2, 0.25) is 0 Å². The van der Waals surface area contributed by atoms with Crippen molar-refractivity contribution in [2.24, 2.45) is 0 Å². The van der Waals surface area contributed by atoms with Crippen LogP contribution in [-0.4, -0.2) is 12.9 Å². The second-order valence-corrected chi connectivity index (χ2v) is 5.44. The van der Waals surface area contributed by atoms with Gasteiger partial charge in [-0.1, -0.05) is 34.1 Å². The van der Waals surface area contributed by atoms with E-state index in [-0.39, 0.29) is 18.0 Å². The first-order chi connectivity index (χ1) is 9.51. The second-order valence-electron chi connectivity index (χ2n) is 4.52. The highest BCUT2D eigenvalue weighted by atomic mass is 79.9. The van der Waals surface area contributed by atoms with Gasteiger partial charge in [-0.25, -0.2) is 4.39 Å². The molecule has 2 rings (SSSR count). The SMILES string of the molecule is COc1cc(C(=O)Cc2ccc(Br)cc2F)ccc1C. The molecule has 0 amide bonds. The molecule has 0 N–H and O–H groups in total. The van der Waals surface area contributed by atoms with E-state index in [0.717, 1.165) is 5.56 Å². The van der Waals surface area contributed by atoms with Crippen LogP contribution in [0.15, 0.2) is 40.9 Å². The topological polar surface area (TPSA) is 26.3 Å². The van der Waals surface area contributed by atoms with Crippen molar-refractivity contribution in [1.82, 2.24) is 0 Å². The largest absolute Gasteiger partial charge is 0.496 e. The van der Waals surface area contributed by atoms with Gasteiger partial charge < -0.3 is 4.74 Å². The lowest BCUT2D eigenvalue weighted by Gasteiger charge is -2.08. The van der Waals surface area contributed by atoms with Crippen molar-refractivity contribution >= 4 is 21.7 Å². The van der Waals surface area contributed by atoms with E-state index in [0.29, 0.717) is 21.3 Å². The monoisotopic (exact) mass is 336 g/mol. The molecule has 20 heavy (non-hydrogen) atoms. The Balaban J connectivity index is 2.24. The summed E-state index contributed by atoms with van der Waals surface area (Å²) < 4.78 is 19.6. The molecule has 0 spiro atoms. The summed E-state index contributed by atoms with van der Waals surface area (Å²) in [6.45, 7) is 1.90. The van der Waals surface area contributed by atoms with Crippen LogP contribution < -0.4 is 4.74 Å². The van der Waals surface area contributed by atoms with Crippen LogP contribution in [0.3, 0.4) is 0 Å². The number of methoxy groups -OCH3 is 1. The second kappa shape index (κ2) is 6.18. The van der Waals surface area contributed by atoms with Gasteiger partial charge in [0.1, 0.15) is 11.6 Å². The van der Waals surface area contributed by atoms with Crippen molar-refractivity contribution in [3.63, 3.8) is 0 Å². The van der Waals surface area contributed by atoms with Crippen LogP contribution in [0.5, 0.6) is 5.75 Å². The molecule has 2 aromatic carbocycles. The number of ketones is 1. The quantitative estimate of drug-likeness (QED) is 0.776. The molecule has 2 aromatic rings. The Morgan fingerprint density at radius 1 is 1.25 bits per heavy atom. The maximum absolute atomic E-state index is 13.7. The zero-order valence-corrected chi connectivity index (χ0v) is 12.8. The Bertz CT molecular complexity index is 653. The van der Waals surface area contributed by atoms with E-state index in [1.165, 1.54) is 6.07 Å². The Kier molecular flexibility index (Phi) is 4.55. The average molecular weight is 337 g/mol. The lowest BCUT2D eigenvalue weighted by atomic mass is 10.0. The van der Waals surface area contributed by atoms with Crippen molar-refractivity contribution in [2.45, 2.75) is 13.3 Å². The van der Waals surface area contributed by atoms with E-state index < -0.39 is 0 Å². The van der Waals surface area contributed by atoms with E-state index in [1.807, 2.05) is 13.0 Å². The van der Waals surface area contributed by atoms with Gasteiger partial charge in [-0.2, -0.15) is 0 Å². The van der Waals surface area contributed by atoms with Gasteiger partial charge in [0.2, 0.25) is 0 Å². The van der Waals surface area contributed by atoms with E-state index in [4.69, 9.17) is 4.74 Å². The summed E-state index contributed by atoms with van der Waals surface area (Å²) in [6, 6.07) is 9.94. The Morgan fingerprint density at radius 2 is 2.00 bits per heavy atom. The van der Waals surface area contributed by atoms with E-state index in [2.05, 4.69) is 15.9 Å². The molecule has 104 valence electrons. The average Bonchev–Trinajstić information content (AvgIpc) is 2.42. The first-order valence-corrected chi connectivity index (χ1v) is 6.92. The highest BCUT2D eigenvalue weighted by molar-refractivity contribution is 9.10. The van der Waals surface area contributed by atoms with E-state index >= 15 is 0 Å². The van der Waals surface area contributed by atoms with Crippen molar-refractivity contribution in [3.8, 4) is 5.75 Å². The number of ether oxygens (including phenoxy) is 1. The molecule has 4 heteroatoms. The lowest BCUT2D eigenvalue weighted by Crippen LogP contribution is -2.06. The summed E-state index contributed by atoms with van der Waals surface area (Å²) in [4.78, 5) is 12.2. The van der Waals surface area contributed by atoms with Gasteiger partial charge in [-0.3, -0.25) is 4.79 Å². The molecule has 0 heterocycles. The number of aryl methyl sites for hydroxylation is 1. The highest BCUT2D eigenvalue weighted by Gasteiger charge is 2.12. The minimum atomic E-state index is -0.383. The third-order valence-corrected chi connectivity index (χ3v) is 3.59. The highest BCUT2D eigenvalue weighted by Crippen LogP contribution is 2.21. The van der Waals surface area contributed by atoms with Crippen molar-refractivity contribution in [2.75, 3.05) is 7.11 Å². The van der Waals surface area contributed by atoms with E-state index in [9.17, 15) is 9.18 Å². The third kappa shape index (κ3) is 3.25. The molecule has 2 nitrogen and oxygen atoms in total. The number of hydrogen-bond acceptors (Lipinski definition) is 2. The molecule has 0 saturated heterocycles. The van der Waals surface area contributed by atoms with Gasteiger partial charge in [0.25, 0.3) is 0 Å². The van der Waals surface area contributed by atoms with Gasteiger partial charge in [-0.05, 0) is 36.2 Å². The lowest BCUT2D eigenvalue weighted by molar-refractivity contribution is 0.0991. The van der Waals surface area contributed by atoms with Gasteiger partial charge in [0.15, 0.2) is 5.78 Å². The molecule has 0 fully saturated rings. The molecule has 0 radical (unpaired) electrons. The molecular formula is C16H14BrFO2. The number of rotatable bonds is 4. The molecule has 0 aromatic heterocycles. The zero-order chi connectivity index (χ0) is 14.7. The molecular weight excluding hydrogens is 323 g/mol. The Hall–Kier alpha value is -1.68. The number of Topliss-reactive ketones (excluding diaryl/α,β-unsaturated/α-hetero) is 1. The fraction of sp³-hybridized carbons (Fsp3) is 0.188. The van der Waals surface area contributed by atoms with Crippen molar-refractivity contribution < 1.29 is 13.9 Å². The fourth-order valence-corrected chi connectivity index (χ4v) is 2.27. The van der Waals surface area contributed by atoms with Gasteiger partial charge in [-0.15, -0.1) is 0 Å². The molecule has 0 aliphatic rings. The molecule has 0 unspecified atom stereocenters. The van der Waals surface area contributed by atoms with Crippen LogP contribution in [0.1, 0.15) is 21.5 Å². The summed E-state index contributed by atoms with van der Waals surface area (Å²) in [5.41, 5.74) is 1.87. The van der Waals surface area contributed by atoms with Gasteiger partial charge in [0, 0.05) is 16.5 Å². The van der Waals surface area contributed by atoms with Gasteiger partial charge >= 0.3 is 0 Å². The van der Waals surface area contributed by atoms with Crippen LogP contribution in [-0.2, 0) is 6.42 Å². The minimum absolute atomic E-state index is 0.0331. The summed E-state index contributed by atoms with van der Waals surface area (Å²) in [6.07, 6.45) is 0.0331. The first-order valence-electron chi connectivity index (χ1n) is 6.13. The van der Waals surface area contributed by atoms with Crippen LogP contribution in [0, 0.1) is 12.7 Å². The molecule has 0 saturated carbocycles. The van der Waals surface area contributed by atoms with E-state index in [1.54, 1.807) is 31.4 Å². The smallest absolute Gasteiger partial charge is 0.167 e. The molecule has 0 aliphatic heterocycles. The predicted molar refractivity (Wildman–Crippen MR) is 79.9 cm³/mol. The summed E-state index contributed by atoms with van der Waals surface area (Å²) in [5.74, 6) is 0.142. The number of carbonyl (C=O) groups is 1. The molecule has 0 atom stereocenters. The molecule has 0 aliphatic carbocycles. The summed E-state index contributed by atoms with van der Waals surface area (Å²) in [7, 11) is 1.56. The van der Waals surface area contributed by atoms with Crippen LogP contribution >= 0.6 is 15.9 Å². The van der Waals surface area contributed by atoms with Crippen LogP contribution in [0.4, 0.5) is 4.39 Å². The summed E-state index contributed by atoms with van der Waals surface area (Å²) in [5, 5.41) is 0. The normalized spacial score (nSPS) is 10.4. The maximum Gasteiger partial charge on any atom is 0.167 e. The number of halogens is 2. The maximum atomic E-state index is 13.7. The van der Waals surface area contributed by atoms with Gasteiger partial charge in [0.05, 0.1) is 7.11 Å². The standard InChI is InChI=1S/C16H14BrFO2/c1-10-3-4-12(8-16(10)20-2)15(19)7-11-5-6-13(17)9-14(11)18/h3-6,8-9H,7H2,1-2H3. The number of benzene rings is 2. The fourth-order valence-electron chi connectivity index (χ4n) is 1.93. The first kappa shape index (κ1) is 14.7. The summed E-state index contributed by atoms with van der Waals surface area (Å²) >= 11 is 3.19. The van der Waals surface area contributed by atoms with Crippen LogP contribution in [0.25, 0.3) is 0 Å². The molecule has 0 bridgehead atoms. The zero-order valence-electron chi connectivity index (χ0n) is 11.2. The van der Waals surface area contributed by atoms with Crippen molar-refractivity contribution in [1.29, 1.82) is 0 Å². The van der Waals surface area contributed by atoms with Crippen molar-refractivity contribution in [3.05, 3.63) is 63.4 Å².